The minimum absolute atomic E-state index is 0.113. The fourth-order valence-corrected chi connectivity index (χ4v) is 4.24. The van der Waals surface area contributed by atoms with Crippen LogP contribution in [-0.2, 0) is 17.8 Å². The standard InChI is InChI=1S/C24H28N4O3/c1-30-21-8-5-6-19(23(21)31-2)16-22(29)27-13-9-18(10-14-27)24-26-12-15-28(24)17-20-7-3-4-11-25-20/h3-8,11-12,15,18H,9-10,13-14,16-17H2,1-2H3. The van der Waals surface area contributed by atoms with E-state index in [-0.39, 0.29) is 5.91 Å². The number of benzene rings is 1. The van der Waals surface area contributed by atoms with Gasteiger partial charge in [0.25, 0.3) is 0 Å². The SMILES string of the molecule is COc1cccc(CC(=O)N2CCC(c3nccn3Cc3ccccn3)CC2)c1OC. The summed E-state index contributed by atoms with van der Waals surface area (Å²) >= 11 is 0. The number of imidazole rings is 1. The van der Waals surface area contributed by atoms with Gasteiger partial charge in [0.2, 0.25) is 5.91 Å². The highest BCUT2D eigenvalue weighted by atomic mass is 16.5. The van der Waals surface area contributed by atoms with E-state index in [1.807, 2.05) is 59.9 Å². The highest BCUT2D eigenvalue weighted by Gasteiger charge is 2.27. The van der Waals surface area contributed by atoms with E-state index in [0.29, 0.717) is 30.4 Å². The van der Waals surface area contributed by atoms with E-state index in [1.54, 1.807) is 14.2 Å². The normalized spacial score (nSPS) is 14.5. The zero-order valence-corrected chi connectivity index (χ0v) is 18.0. The van der Waals surface area contributed by atoms with E-state index in [0.717, 1.165) is 43.0 Å². The number of rotatable bonds is 7. The van der Waals surface area contributed by atoms with Crippen molar-refractivity contribution in [2.75, 3.05) is 27.3 Å². The molecule has 0 atom stereocenters. The number of ether oxygens (including phenoxy) is 2. The number of hydrogen-bond acceptors (Lipinski definition) is 5. The van der Waals surface area contributed by atoms with Crippen molar-refractivity contribution >= 4 is 5.91 Å². The van der Waals surface area contributed by atoms with Crippen LogP contribution in [0.15, 0.2) is 55.0 Å². The Kier molecular flexibility index (Phi) is 6.50. The molecule has 1 fully saturated rings. The lowest BCUT2D eigenvalue weighted by Gasteiger charge is -2.32. The van der Waals surface area contributed by atoms with Gasteiger partial charge in [0.15, 0.2) is 11.5 Å². The lowest BCUT2D eigenvalue weighted by Crippen LogP contribution is -2.39. The molecule has 0 spiro atoms. The van der Waals surface area contributed by atoms with Crippen LogP contribution in [0.4, 0.5) is 0 Å². The van der Waals surface area contributed by atoms with Crippen molar-refractivity contribution in [1.82, 2.24) is 19.4 Å². The summed E-state index contributed by atoms with van der Waals surface area (Å²) in [6.45, 7) is 2.17. The van der Waals surface area contributed by atoms with Crippen LogP contribution in [0.2, 0.25) is 0 Å². The molecule has 1 aliphatic rings. The molecule has 1 amide bonds. The van der Waals surface area contributed by atoms with Gasteiger partial charge in [-0.05, 0) is 31.0 Å². The molecule has 0 aliphatic carbocycles. The first kappa shape index (κ1) is 20.9. The molecule has 0 unspecified atom stereocenters. The van der Waals surface area contributed by atoms with Crippen molar-refractivity contribution in [1.29, 1.82) is 0 Å². The molecule has 3 aromatic rings. The summed E-state index contributed by atoms with van der Waals surface area (Å²) in [7, 11) is 3.20. The predicted molar refractivity (Wildman–Crippen MR) is 117 cm³/mol. The number of para-hydroxylation sites is 1. The Balaban J connectivity index is 1.38. The number of hydrogen-bond donors (Lipinski definition) is 0. The van der Waals surface area contributed by atoms with Crippen LogP contribution in [0, 0.1) is 0 Å². The molecule has 0 bridgehead atoms. The molecule has 1 saturated heterocycles. The van der Waals surface area contributed by atoms with E-state index < -0.39 is 0 Å². The third-order valence-corrected chi connectivity index (χ3v) is 5.85. The van der Waals surface area contributed by atoms with Gasteiger partial charge in [0.05, 0.1) is 32.9 Å². The largest absolute Gasteiger partial charge is 0.493 e. The Bertz CT molecular complexity index is 1010. The van der Waals surface area contributed by atoms with Crippen LogP contribution in [0.25, 0.3) is 0 Å². The van der Waals surface area contributed by atoms with Gasteiger partial charge in [-0.25, -0.2) is 4.98 Å². The van der Waals surface area contributed by atoms with E-state index in [9.17, 15) is 4.79 Å². The molecular weight excluding hydrogens is 392 g/mol. The molecule has 0 saturated carbocycles. The zero-order chi connectivity index (χ0) is 21.6. The fourth-order valence-electron chi connectivity index (χ4n) is 4.24. The summed E-state index contributed by atoms with van der Waals surface area (Å²) in [5.74, 6) is 2.80. The van der Waals surface area contributed by atoms with Gasteiger partial charge in [-0.1, -0.05) is 18.2 Å². The molecule has 1 aliphatic heterocycles. The number of carbonyl (C=O) groups is 1. The Morgan fingerprint density at radius 2 is 1.87 bits per heavy atom. The average Bonchev–Trinajstić information content (AvgIpc) is 3.27. The maximum absolute atomic E-state index is 12.9. The summed E-state index contributed by atoms with van der Waals surface area (Å²) in [5.41, 5.74) is 1.86. The van der Waals surface area contributed by atoms with Crippen LogP contribution in [0.1, 0.15) is 35.8 Å². The quantitative estimate of drug-likeness (QED) is 0.587. The van der Waals surface area contributed by atoms with Crippen molar-refractivity contribution in [3.05, 3.63) is 72.1 Å². The fraction of sp³-hybridized carbons (Fsp3) is 0.375. The third-order valence-electron chi connectivity index (χ3n) is 5.85. The van der Waals surface area contributed by atoms with E-state index in [4.69, 9.17) is 9.47 Å². The number of pyridine rings is 1. The minimum atomic E-state index is 0.113. The molecule has 7 heteroatoms. The lowest BCUT2D eigenvalue weighted by atomic mass is 9.95. The highest BCUT2D eigenvalue weighted by Crippen LogP contribution is 2.32. The lowest BCUT2D eigenvalue weighted by molar-refractivity contribution is -0.131. The number of likely N-dealkylation sites (tertiary alicyclic amines) is 1. The number of carbonyl (C=O) groups excluding carboxylic acids is 1. The molecule has 2 aromatic heterocycles. The summed E-state index contributed by atoms with van der Waals surface area (Å²) in [6.07, 6.45) is 7.79. The van der Waals surface area contributed by atoms with Crippen LogP contribution in [0.3, 0.4) is 0 Å². The first-order valence-electron chi connectivity index (χ1n) is 10.6. The Morgan fingerprint density at radius 3 is 2.58 bits per heavy atom. The van der Waals surface area contributed by atoms with Crippen molar-refractivity contribution in [2.45, 2.75) is 31.7 Å². The van der Waals surface area contributed by atoms with Crippen LogP contribution < -0.4 is 9.47 Å². The van der Waals surface area contributed by atoms with Gasteiger partial charge in [0.1, 0.15) is 5.82 Å². The Hall–Kier alpha value is -3.35. The van der Waals surface area contributed by atoms with Gasteiger partial charge in [0, 0.05) is 43.2 Å². The first-order valence-corrected chi connectivity index (χ1v) is 10.6. The minimum Gasteiger partial charge on any atom is -0.493 e. The average molecular weight is 421 g/mol. The second-order valence-corrected chi connectivity index (χ2v) is 7.72. The van der Waals surface area contributed by atoms with Gasteiger partial charge >= 0.3 is 0 Å². The second-order valence-electron chi connectivity index (χ2n) is 7.72. The molecule has 4 rings (SSSR count). The van der Waals surface area contributed by atoms with E-state index >= 15 is 0 Å². The van der Waals surface area contributed by atoms with Gasteiger partial charge < -0.3 is 18.9 Å². The topological polar surface area (TPSA) is 69.5 Å². The van der Waals surface area contributed by atoms with Crippen molar-refractivity contribution in [2.24, 2.45) is 0 Å². The molecule has 0 N–H and O–H groups in total. The van der Waals surface area contributed by atoms with Gasteiger partial charge in [-0.3, -0.25) is 9.78 Å². The molecule has 7 nitrogen and oxygen atoms in total. The molecule has 31 heavy (non-hydrogen) atoms. The van der Waals surface area contributed by atoms with Crippen LogP contribution in [-0.4, -0.2) is 52.7 Å². The first-order chi connectivity index (χ1) is 15.2. The highest BCUT2D eigenvalue weighted by molar-refractivity contribution is 5.80. The van der Waals surface area contributed by atoms with Crippen molar-refractivity contribution in [3.63, 3.8) is 0 Å². The van der Waals surface area contributed by atoms with Gasteiger partial charge in [-0.2, -0.15) is 0 Å². The molecule has 0 radical (unpaired) electrons. The molecular formula is C24H28N4O3. The summed E-state index contributed by atoms with van der Waals surface area (Å²) in [4.78, 5) is 23.9. The summed E-state index contributed by atoms with van der Waals surface area (Å²) in [6, 6.07) is 11.6. The van der Waals surface area contributed by atoms with Crippen molar-refractivity contribution < 1.29 is 14.3 Å². The van der Waals surface area contributed by atoms with Crippen LogP contribution in [0.5, 0.6) is 11.5 Å². The molecule has 3 heterocycles. The van der Waals surface area contributed by atoms with Crippen molar-refractivity contribution in [3.8, 4) is 11.5 Å². The third kappa shape index (κ3) is 4.71. The van der Waals surface area contributed by atoms with E-state index in [1.165, 1.54) is 0 Å². The molecule has 1 aromatic carbocycles. The zero-order valence-electron chi connectivity index (χ0n) is 18.0. The monoisotopic (exact) mass is 420 g/mol. The van der Waals surface area contributed by atoms with E-state index in [2.05, 4.69) is 14.5 Å². The number of nitrogens with zero attached hydrogens (tertiary/aromatic N) is 4. The van der Waals surface area contributed by atoms with Gasteiger partial charge in [-0.15, -0.1) is 0 Å². The summed E-state index contributed by atoms with van der Waals surface area (Å²) in [5, 5.41) is 0. The maximum atomic E-state index is 12.9. The number of aromatic nitrogens is 3. The number of piperidine rings is 1. The summed E-state index contributed by atoms with van der Waals surface area (Å²) < 4.78 is 13.0. The maximum Gasteiger partial charge on any atom is 0.227 e. The van der Waals surface area contributed by atoms with Crippen LogP contribution >= 0.6 is 0 Å². The number of amides is 1. The Morgan fingerprint density at radius 1 is 1.03 bits per heavy atom. The molecule has 162 valence electrons. The predicted octanol–water partition coefficient (Wildman–Crippen LogP) is 3.29. The Labute approximate surface area is 182 Å². The smallest absolute Gasteiger partial charge is 0.227 e. The number of methoxy groups -OCH3 is 2. The second kappa shape index (κ2) is 9.64.